The molecule has 6 heteroatoms. The van der Waals surface area contributed by atoms with Gasteiger partial charge in [0.2, 0.25) is 0 Å². The maximum atomic E-state index is 12.2. The van der Waals surface area contributed by atoms with Gasteiger partial charge in [0.15, 0.2) is 6.10 Å². The molecule has 0 bridgehead atoms. The molecular weight excluding hydrogens is 600 g/mol. The summed E-state index contributed by atoms with van der Waals surface area (Å²) < 4.78 is 10.6. The van der Waals surface area contributed by atoms with Crippen LogP contribution < -0.4 is 0 Å². The molecule has 0 saturated carbocycles. The lowest BCUT2D eigenvalue weighted by Crippen LogP contribution is -2.28. The van der Waals surface area contributed by atoms with Gasteiger partial charge in [0.1, 0.15) is 6.61 Å². The largest absolute Gasteiger partial charge is 0.462 e. The third-order valence-electron chi connectivity index (χ3n) is 8.71. The number of rotatable bonds is 35. The quantitative estimate of drug-likeness (QED) is 0.0300. The van der Waals surface area contributed by atoms with Gasteiger partial charge in [-0.1, -0.05) is 173 Å². The van der Waals surface area contributed by atoms with Gasteiger partial charge in [-0.3, -0.25) is 9.59 Å². The molecule has 0 amide bonds. The van der Waals surface area contributed by atoms with E-state index in [9.17, 15) is 19.8 Å². The van der Waals surface area contributed by atoms with E-state index in [1.165, 1.54) is 83.5 Å². The fourth-order valence-corrected chi connectivity index (χ4v) is 5.66. The van der Waals surface area contributed by atoms with Crippen molar-refractivity contribution in [3.8, 4) is 0 Å². The summed E-state index contributed by atoms with van der Waals surface area (Å²) in [6.07, 6.45) is 39.7. The number of carbonyl (C=O) groups excluding carboxylic acids is 2. The van der Waals surface area contributed by atoms with E-state index in [0.717, 1.165) is 70.1 Å². The monoisotopic (exact) mass is 677 g/mol. The molecule has 0 radical (unpaired) electrons. The van der Waals surface area contributed by atoms with Gasteiger partial charge in [0.25, 0.3) is 0 Å². The topological polar surface area (TPSA) is 93.1 Å². The minimum Gasteiger partial charge on any atom is -0.462 e. The van der Waals surface area contributed by atoms with E-state index in [2.05, 4.69) is 32.9 Å². The summed E-state index contributed by atoms with van der Waals surface area (Å²) in [6.45, 7) is 6.27. The maximum Gasteiger partial charge on any atom is 0.306 e. The van der Waals surface area contributed by atoms with E-state index in [1.54, 1.807) is 0 Å². The van der Waals surface area contributed by atoms with Crippen molar-refractivity contribution >= 4 is 11.9 Å². The lowest BCUT2D eigenvalue weighted by Gasteiger charge is -2.15. The van der Waals surface area contributed by atoms with E-state index >= 15 is 0 Å². The summed E-state index contributed by atoms with van der Waals surface area (Å²) in [5.41, 5.74) is 0. The Morgan fingerprint density at radius 1 is 0.625 bits per heavy atom. The highest BCUT2D eigenvalue weighted by molar-refractivity contribution is 5.70. The number of carbonyl (C=O) groups is 2. The van der Waals surface area contributed by atoms with Crippen molar-refractivity contribution in [3.05, 3.63) is 36.5 Å². The molecule has 6 nitrogen and oxygen atoms in total. The lowest BCUT2D eigenvalue weighted by molar-refractivity contribution is -0.161. The molecule has 0 fully saturated rings. The Morgan fingerprint density at radius 3 is 1.65 bits per heavy atom. The number of esters is 2. The van der Waals surface area contributed by atoms with Gasteiger partial charge in [-0.15, -0.1) is 0 Å². The van der Waals surface area contributed by atoms with Crippen molar-refractivity contribution in [1.29, 1.82) is 0 Å². The Morgan fingerprint density at radius 2 is 1.12 bits per heavy atom. The molecule has 0 aliphatic heterocycles. The number of aliphatic hydroxyl groups is 2. The zero-order valence-electron chi connectivity index (χ0n) is 31.5. The number of allylic oxidation sites excluding steroid dienone is 4. The van der Waals surface area contributed by atoms with Crippen LogP contribution in [-0.2, 0) is 19.1 Å². The van der Waals surface area contributed by atoms with Crippen molar-refractivity contribution < 1.29 is 29.3 Å². The summed E-state index contributed by atoms with van der Waals surface area (Å²) in [4.78, 5) is 24.3. The molecule has 0 aromatic carbocycles. The number of unbranched alkanes of at least 4 members (excludes halogenated alkanes) is 19. The molecule has 0 heterocycles. The summed E-state index contributed by atoms with van der Waals surface area (Å²) in [5.74, 6) is 0.209. The summed E-state index contributed by atoms with van der Waals surface area (Å²) in [7, 11) is 0. The van der Waals surface area contributed by atoms with Crippen LogP contribution in [0.2, 0.25) is 0 Å². The van der Waals surface area contributed by atoms with Crippen LogP contribution in [0.5, 0.6) is 0 Å². The molecule has 0 aliphatic rings. The van der Waals surface area contributed by atoms with Crippen molar-refractivity contribution in [1.82, 2.24) is 0 Å². The van der Waals surface area contributed by atoms with E-state index in [0.29, 0.717) is 19.3 Å². The van der Waals surface area contributed by atoms with E-state index in [4.69, 9.17) is 9.47 Å². The second-order valence-corrected chi connectivity index (χ2v) is 14.0. The summed E-state index contributed by atoms with van der Waals surface area (Å²) in [5, 5.41) is 19.4. The first-order valence-corrected chi connectivity index (χ1v) is 20.0. The van der Waals surface area contributed by atoms with E-state index in [-0.39, 0.29) is 25.2 Å². The number of aliphatic hydroxyl groups excluding tert-OH is 2. The molecule has 0 aromatic rings. The first kappa shape index (κ1) is 46.1. The van der Waals surface area contributed by atoms with Gasteiger partial charge in [0, 0.05) is 12.8 Å². The molecule has 48 heavy (non-hydrogen) atoms. The molecule has 280 valence electrons. The fraction of sp³-hybridized carbons (Fsp3) is 0.810. The van der Waals surface area contributed by atoms with Crippen molar-refractivity contribution in [2.45, 2.75) is 200 Å². The minimum absolute atomic E-state index is 0.0905. The summed E-state index contributed by atoms with van der Waals surface area (Å²) >= 11 is 0. The van der Waals surface area contributed by atoms with Crippen LogP contribution in [0.1, 0.15) is 188 Å². The minimum atomic E-state index is -0.791. The third kappa shape index (κ3) is 35.4. The van der Waals surface area contributed by atoms with Crippen LogP contribution in [0, 0.1) is 5.92 Å². The molecule has 1 unspecified atom stereocenters. The normalized spacial score (nSPS) is 13.3. The zero-order chi connectivity index (χ0) is 35.3. The molecule has 0 rings (SSSR count). The van der Waals surface area contributed by atoms with Gasteiger partial charge in [0.05, 0.1) is 12.7 Å². The van der Waals surface area contributed by atoms with Crippen LogP contribution in [-0.4, -0.2) is 47.6 Å². The Kier molecular flexibility index (Phi) is 34.9. The van der Waals surface area contributed by atoms with Gasteiger partial charge >= 0.3 is 11.9 Å². The molecule has 2 N–H and O–H groups in total. The highest BCUT2D eigenvalue weighted by Crippen LogP contribution is 2.15. The first-order valence-electron chi connectivity index (χ1n) is 20.0. The van der Waals surface area contributed by atoms with Crippen LogP contribution in [0.4, 0.5) is 0 Å². The number of hydrogen-bond donors (Lipinski definition) is 2. The molecule has 0 saturated heterocycles. The SMILES string of the molecule is CC/C=C/CC(O)/C=C/C=C/CCCCCCCC(=O)OC[C@H](CO)OC(=O)CCCCCCCCCCCCCCCCCC(C)C. The Hall–Kier alpha value is -1.92. The molecular formula is C42H76O6. The highest BCUT2D eigenvalue weighted by atomic mass is 16.6. The van der Waals surface area contributed by atoms with Crippen molar-refractivity contribution in [2.75, 3.05) is 13.2 Å². The van der Waals surface area contributed by atoms with Gasteiger partial charge in [-0.25, -0.2) is 0 Å². The third-order valence-corrected chi connectivity index (χ3v) is 8.71. The molecule has 0 aromatic heterocycles. The van der Waals surface area contributed by atoms with Crippen LogP contribution in [0.3, 0.4) is 0 Å². The van der Waals surface area contributed by atoms with Gasteiger partial charge < -0.3 is 19.7 Å². The molecule has 0 aliphatic carbocycles. The van der Waals surface area contributed by atoms with Crippen molar-refractivity contribution in [2.24, 2.45) is 5.92 Å². The van der Waals surface area contributed by atoms with Crippen molar-refractivity contribution in [3.63, 3.8) is 0 Å². The maximum absolute atomic E-state index is 12.2. The molecule has 2 atom stereocenters. The highest BCUT2D eigenvalue weighted by Gasteiger charge is 2.16. The molecule has 0 spiro atoms. The predicted octanol–water partition coefficient (Wildman–Crippen LogP) is 11.3. The smallest absolute Gasteiger partial charge is 0.306 e. The summed E-state index contributed by atoms with van der Waals surface area (Å²) in [6, 6.07) is 0. The second kappa shape index (κ2) is 36.4. The van der Waals surface area contributed by atoms with Gasteiger partial charge in [-0.2, -0.15) is 0 Å². The Bertz CT molecular complexity index is 802. The van der Waals surface area contributed by atoms with Gasteiger partial charge in [-0.05, 0) is 44.4 Å². The number of ether oxygens (including phenoxy) is 2. The Balaban J connectivity index is 3.60. The Labute approximate surface area is 296 Å². The average Bonchev–Trinajstić information content (AvgIpc) is 3.06. The average molecular weight is 677 g/mol. The van der Waals surface area contributed by atoms with E-state index < -0.39 is 12.2 Å². The fourth-order valence-electron chi connectivity index (χ4n) is 5.66. The standard InChI is InChI=1S/C42H76O6/c1-4-5-26-32-39(44)33-28-23-19-15-13-17-20-24-29-34-41(45)47-37-40(36-43)48-42(46)35-30-25-21-16-12-10-8-6-7-9-11-14-18-22-27-31-38(2)3/h5,19,23,26,28,33,38-40,43-44H,4,6-18,20-22,24-25,27,29-32,34-37H2,1-3H3/b23-19+,26-5+,33-28+/t39?,40-/m0/s1. The second-order valence-electron chi connectivity index (χ2n) is 14.0. The van der Waals surface area contributed by atoms with Crippen LogP contribution in [0.25, 0.3) is 0 Å². The first-order chi connectivity index (χ1) is 23.4. The zero-order valence-corrected chi connectivity index (χ0v) is 31.5. The van der Waals surface area contributed by atoms with Crippen LogP contribution in [0.15, 0.2) is 36.5 Å². The predicted molar refractivity (Wildman–Crippen MR) is 202 cm³/mol. The van der Waals surface area contributed by atoms with E-state index in [1.807, 2.05) is 24.3 Å². The lowest BCUT2D eigenvalue weighted by atomic mass is 10.0. The van der Waals surface area contributed by atoms with Crippen LogP contribution >= 0.6 is 0 Å². The number of hydrogen-bond acceptors (Lipinski definition) is 6.